The molecule has 0 fully saturated rings. The second-order valence-electron chi connectivity index (χ2n) is 6.85. The molecule has 3 rings (SSSR count). The van der Waals surface area contributed by atoms with Gasteiger partial charge < -0.3 is 21.9 Å². The molecule has 2 aromatic heterocycles. The van der Waals surface area contributed by atoms with Gasteiger partial charge >= 0.3 is 0 Å². The fourth-order valence-corrected chi connectivity index (χ4v) is 3.83. The van der Waals surface area contributed by atoms with Crippen LogP contribution in [-0.4, -0.2) is 43.5 Å². The first kappa shape index (κ1) is 25.5. The van der Waals surface area contributed by atoms with Gasteiger partial charge in [0.25, 0.3) is 21.6 Å². The number of carbonyl (C=O) groups is 1. The SMILES string of the molecule is CCn1c(O)c(N=Nc2cc(Nc3nc(N)nc(Cl)n3)ccc2S(=O)(=O)O)c(C)c(C(N)=O)c1=O. The Hall–Kier alpha value is -4.15. The molecular weight excluding hydrogens is 506 g/mol. The van der Waals surface area contributed by atoms with Crippen molar-refractivity contribution in [3.63, 3.8) is 0 Å². The summed E-state index contributed by atoms with van der Waals surface area (Å²) in [5.74, 6) is -1.92. The molecule has 17 heteroatoms. The Morgan fingerprint density at radius 1 is 1.26 bits per heavy atom. The van der Waals surface area contributed by atoms with Crippen molar-refractivity contribution < 1.29 is 22.9 Å². The number of hydrogen-bond donors (Lipinski definition) is 5. The first-order chi connectivity index (χ1) is 16.3. The highest BCUT2D eigenvalue weighted by Crippen LogP contribution is 2.35. The number of pyridine rings is 1. The lowest BCUT2D eigenvalue weighted by molar-refractivity contribution is 0.0997. The lowest BCUT2D eigenvalue weighted by Gasteiger charge is -2.13. The van der Waals surface area contributed by atoms with Crippen LogP contribution >= 0.6 is 11.6 Å². The van der Waals surface area contributed by atoms with Crippen molar-refractivity contribution in [1.29, 1.82) is 0 Å². The predicted octanol–water partition coefficient (Wildman–Crippen LogP) is 1.81. The summed E-state index contributed by atoms with van der Waals surface area (Å²) < 4.78 is 34.2. The molecule has 0 bridgehead atoms. The van der Waals surface area contributed by atoms with E-state index < -0.39 is 37.9 Å². The Morgan fingerprint density at radius 3 is 2.51 bits per heavy atom. The Labute approximate surface area is 202 Å². The second-order valence-corrected chi connectivity index (χ2v) is 8.58. The molecule has 1 amide bonds. The maximum atomic E-state index is 12.4. The number of nitrogen functional groups attached to an aromatic ring is 1. The van der Waals surface area contributed by atoms with E-state index in [1.165, 1.54) is 19.9 Å². The van der Waals surface area contributed by atoms with Gasteiger partial charge in [-0.2, -0.15) is 23.4 Å². The molecule has 3 aromatic rings. The zero-order valence-electron chi connectivity index (χ0n) is 18.1. The van der Waals surface area contributed by atoms with E-state index in [1.807, 2.05) is 0 Å². The summed E-state index contributed by atoms with van der Waals surface area (Å²) in [7, 11) is -4.76. The maximum absolute atomic E-state index is 12.4. The summed E-state index contributed by atoms with van der Waals surface area (Å²) in [6, 6.07) is 3.45. The van der Waals surface area contributed by atoms with Crippen LogP contribution in [-0.2, 0) is 16.7 Å². The van der Waals surface area contributed by atoms with Gasteiger partial charge in [-0.05, 0) is 43.6 Å². The number of nitrogens with one attached hydrogen (secondary N) is 1. The highest BCUT2D eigenvalue weighted by atomic mass is 35.5. The zero-order chi connectivity index (χ0) is 26.1. The van der Waals surface area contributed by atoms with Crippen molar-refractivity contribution >= 4 is 56.6 Å². The summed E-state index contributed by atoms with van der Waals surface area (Å²) in [5, 5.41) is 20.7. The van der Waals surface area contributed by atoms with Crippen LogP contribution in [0.1, 0.15) is 22.8 Å². The average molecular weight is 524 g/mol. The molecule has 0 unspecified atom stereocenters. The van der Waals surface area contributed by atoms with Gasteiger partial charge in [0.05, 0.1) is 0 Å². The lowest BCUT2D eigenvalue weighted by Crippen LogP contribution is -2.30. The molecule has 0 aliphatic rings. The second kappa shape index (κ2) is 9.61. The Balaban J connectivity index is 2.16. The van der Waals surface area contributed by atoms with Gasteiger partial charge in [0.1, 0.15) is 21.8 Å². The summed E-state index contributed by atoms with van der Waals surface area (Å²) in [6.45, 7) is 2.82. The number of aromatic nitrogens is 4. The third kappa shape index (κ3) is 5.34. The van der Waals surface area contributed by atoms with Crippen LogP contribution < -0.4 is 22.3 Å². The van der Waals surface area contributed by atoms with Crippen LogP contribution in [0.2, 0.25) is 5.28 Å². The maximum Gasteiger partial charge on any atom is 0.296 e. The molecule has 0 atom stereocenters. The smallest absolute Gasteiger partial charge is 0.296 e. The number of halogens is 1. The van der Waals surface area contributed by atoms with E-state index in [0.29, 0.717) is 0 Å². The molecule has 0 aliphatic carbocycles. The van der Waals surface area contributed by atoms with E-state index in [2.05, 4.69) is 30.5 Å². The van der Waals surface area contributed by atoms with Crippen molar-refractivity contribution in [1.82, 2.24) is 19.5 Å². The van der Waals surface area contributed by atoms with Crippen molar-refractivity contribution in [2.45, 2.75) is 25.3 Å². The molecule has 0 spiro atoms. The molecule has 0 saturated heterocycles. The van der Waals surface area contributed by atoms with Crippen molar-refractivity contribution in [2.24, 2.45) is 16.0 Å². The summed E-state index contributed by atoms with van der Waals surface area (Å²) in [5.41, 5.74) is 8.99. The van der Waals surface area contributed by atoms with Gasteiger partial charge in [0.2, 0.25) is 23.1 Å². The predicted molar refractivity (Wildman–Crippen MR) is 124 cm³/mol. The average Bonchev–Trinajstić information content (AvgIpc) is 2.72. The van der Waals surface area contributed by atoms with Crippen LogP contribution in [0.4, 0.5) is 29.0 Å². The van der Waals surface area contributed by atoms with Crippen LogP contribution in [0, 0.1) is 6.92 Å². The molecule has 0 saturated carbocycles. The Bertz CT molecular complexity index is 1520. The van der Waals surface area contributed by atoms with Gasteiger partial charge in [0.15, 0.2) is 0 Å². The van der Waals surface area contributed by atoms with E-state index in [9.17, 15) is 27.7 Å². The number of nitrogens with zero attached hydrogens (tertiary/aromatic N) is 6. The normalized spacial score (nSPS) is 11.7. The van der Waals surface area contributed by atoms with E-state index in [-0.39, 0.29) is 46.4 Å². The van der Waals surface area contributed by atoms with E-state index in [0.717, 1.165) is 16.7 Å². The fourth-order valence-electron chi connectivity index (χ4n) is 3.05. The number of primary amides is 1. The molecule has 15 nitrogen and oxygen atoms in total. The number of carbonyl (C=O) groups excluding carboxylic acids is 1. The minimum absolute atomic E-state index is 0.0267. The van der Waals surface area contributed by atoms with Gasteiger partial charge in [0, 0.05) is 17.8 Å². The summed E-state index contributed by atoms with van der Waals surface area (Å²) >= 11 is 5.74. The minimum Gasteiger partial charge on any atom is -0.493 e. The van der Waals surface area contributed by atoms with Gasteiger partial charge in [-0.15, -0.1) is 10.2 Å². The van der Waals surface area contributed by atoms with Crippen LogP contribution in [0.5, 0.6) is 5.88 Å². The van der Waals surface area contributed by atoms with Crippen LogP contribution in [0.3, 0.4) is 0 Å². The van der Waals surface area contributed by atoms with Crippen molar-refractivity contribution in [3.8, 4) is 5.88 Å². The van der Waals surface area contributed by atoms with Gasteiger partial charge in [-0.1, -0.05) is 0 Å². The fraction of sp³-hybridized carbons (Fsp3) is 0.167. The van der Waals surface area contributed by atoms with Gasteiger partial charge in [-0.3, -0.25) is 18.7 Å². The number of hydrogen-bond acceptors (Lipinski definition) is 12. The summed E-state index contributed by atoms with van der Waals surface area (Å²) in [4.78, 5) is 34.9. The summed E-state index contributed by atoms with van der Waals surface area (Å²) in [6.07, 6.45) is 0. The Morgan fingerprint density at radius 2 is 1.94 bits per heavy atom. The molecule has 35 heavy (non-hydrogen) atoms. The van der Waals surface area contributed by atoms with Crippen LogP contribution in [0.25, 0.3) is 0 Å². The molecule has 0 aliphatic heterocycles. The molecular formula is C18H18ClN9O6S. The minimum atomic E-state index is -4.76. The van der Waals surface area contributed by atoms with Crippen molar-refractivity contribution in [3.05, 3.63) is 45.0 Å². The first-order valence-corrected chi connectivity index (χ1v) is 11.4. The third-order valence-corrected chi connectivity index (χ3v) is 5.67. The van der Waals surface area contributed by atoms with Crippen LogP contribution in [0.15, 0.2) is 38.1 Å². The largest absolute Gasteiger partial charge is 0.493 e. The van der Waals surface area contributed by atoms with Gasteiger partial charge in [-0.25, -0.2) is 0 Å². The number of amides is 1. The van der Waals surface area contributed by atoms with E-state index >= 15 is 0 Å². The highest BCUT2D eigenvalue weighted by molar-refractivity contribution is 7.86. The first-order valence-electron chi connectivity index (χ1n) is 9.57. The Kier molecular flexibility index (Phi) is 6.99. The zero-order valence-corrected chi connectivity index (χ0v) is 19.7. The number of benzene rings is 1. The number of anilines is 3. The molecule has 1 aromatic carbocycles. The standard InChI is InChI=1S/C18H18ClN9O6S/c1-3-28-14(30)11(13(20)29)7(2)12(15(28)31)27-26-9-6-8(4-5-10(9)35(32,33)34)22-18-24-16(19)23-17(21)25-18/h4-6,31H,3H2,1-2H3,(H2,20,29)(H,32,33,34)(H3,21,22,23,24,25). The topological polar surface area (TPSA) is 241 Å². The molecule has 184 valence electrons. The lowest BCUT2D eigenvalue weighted by atomic mass is 10.1. The van der Waals surface area contributed by atoms with Crippen molar-refractivity contribution in [2.75, 3.05) is 11.1 Å². The number of rotatable bonds is 7. The quantitative estimate of drug-likeness (QED) is 0.221. The number of aromatic hydroxyl groups is 1. The molecule has 2 heterocycles. The monoisotopic (exact) mass is 523 g/mol. The van der Waals surface area contributed by atoms with E-state index in [4.69, 9.17) is 23.1 Å². The third-order valence-electron chi connectivity index (χ3n) is 4.60. The highest BCUT2D eigenvalue weighted by Gasteiger charge is 2.22. The number of azo groups is 1. The molecule has 7 N–H and O–H groups in total. The molecule has 0 radical (unpaired) electrons. The number of nitrogens with two attached hydrogens (primary N) is 2. The van der Waals surface area contributed by atoms with E-state index in [1.54, 1.807) is 0 Å².